The highest BCUT2D eigenvalue weighted by Gasteiger charge is 2.25. The van der Waals surface area contributed by atoms with Crippen LogP contribution in [0.3, 0.4) is 0 Å². The molecule has 0 saturated heterocycles. The van der Waals surface area contributed by atoms with Gasteiger partial charge in [0.25, 0.3) is 11.2 Å². The topological polar surface area (TPSA) is 104 Å². The molecule has 4 rings (SSSR count). The Labute approximate surface area is 163 Å². The van der Waals surface area contributed by atoms with Gasteiger partial charge < -0.3 is 4.74 Å². The number of esters is 1. The third-order valence-corrected chi connectivity index (χ3v) is 6.10. The summed E-state index contributed by atoms with van der Waals surface area (Å²) in [6.45, 7) is 4.02. The number of ether oxygens (including phenoxy) is 1. The molecule has 2 aromatic heterocycles. The molecule has 1 atom stereocenters. The number of non-ortho nitro benzene ring substituents is 1. The van der Waals surface area contributed by atoms with Crippen molar-refractivity contribution in [2.75, 3.05) is 0 Å². The zero-order valence-electron chi connectivity index (χ0n) is 15.3. The molecule has 28 heavy (non-hydrogen) atoms. The summed E-state index contributed by atoms with van der Waals surface area (Å²) in [5, 5.41) is 11.4. The number of hydrogen-bond acceptors (Lipinski definition) is 7. The van der Waals surface area contributed by atoms with Gasteiger partial charge in [0.2, 0.25) is 0 Å². The Kier molecular flexibility index (Phi) is 4.46. The number of thiophene rings is 1. The van der Waals surface area contributed by atoms with Crippen molar-refractivity contribution in [3.05, 3.63) is 66.6 Å². The summed E-state index contributed by atoms with van der Waals surface area (Å²) in [5.74, 6) is 0.188. The van der Waals surface area contributed by atoms with E-state index in [1.54, 1.807) is 30.5 Å². The van der Waals surface area contributed by atoms with Gasteiger partial charge in [-0.3, -0.25) is 19.5 Å². The summed E-state index contributed by atoms with van der Waals surface area (Å²) in [4.78, 5) is 41.3. The molecular weight excluding hydrogens is 382 g/mol. The van der Waals surface area contributed by atoms with Gasteiger partial charge in [-0.2, -0.15) is 0 Å². The SMILES string of the molecule is Cc1c(C(=O)OC(C)c2cccc([N+](=O)[O-])c2)sc2nc3n(c(=O)c12)CCC3. The van der Waals surface area contributed by atoms with E-state index in [1.165, 1.54) is 12.1 Å². The Morgan fingerprint density at radius 1 is 1.43 bits per heavy atom. The van der Waals surface area contributed by atoms with Gasteiger partial charge in [-0.15, -0.1) is 11.3 Å². The fourth-order valence-corrected chi connectivity index (χ4v) is 4.52. The van der Waals surface area contributed by atoms with Gasteiger partial charge in [0, 0.05) is 25.1 Å². The lowest BCUT2D eigenvalue weighted by Crippen LogP contribution is -2.20. The molecule has 3 aromatic rings. The van der Waals surface area contributed by atoms with E-state index in [2.05, 4.69) is 4.98 Å². The minimum atomic E-state index is -0.670. The summed E-state index contributed by atoms with van der Waals surface area (Å²) < 4.78 is 7.19. The molecule has 0 N–H and O–H groups in total. The maximum absolute atomic E-state index is 12.7. The molecule has 1 aliphatic rings. The molecule has 1 aliphatic heterocycles. The number of carbonyl (C=O) groups is 1. The summed E-state index contributed by atoms with van der Waals surface area (Å²) in [6.07, 6.45) is 0.982. The average molecular weight is 399 g/mol. The van der Waals surface area contributed by atoms with Crippen molar-refractivity contribution in [1.82, 2.24) is 9.55 Å². The van der Waals surface area contributed by atoms with Crippen molar-refractivity contribution < 1.29 is 14.5 Å². The number of carbonyl (C=O) groups excluding carboxylic acids is 1. The van der Waals surface area contributed by atoms with E-state index in [4.69, 9.17) is 4.74 Å². The molecule has 3 heterocycles. The molecule has 0 amide bonds. The summed E-state index contributed by atoms with van der Waals surface area (Å²) in [5.41, 5.74) is 0.914. The molecule has 9 heteroatoms. The van der Waals surface area contributed by atoms with Gasteiger partial charge in [-0.05, 0) is 31.4 Å². The van der Waals surface area contributed by atoms with Crippen molar-refractivity contribution >= 4 is 33.2 Å². The number of benzene rings is 1. The Balaban J connectivity index is 1.65. The van der Waals surface area contributed by atoms with Crippen LogP contribution in [0.2, 0.25) is 0 Å². The van der Waals surface area contributed by atoms with Gasteiger partial charge in [0.15, 0.2) is 0 Å². The lowest BCUT2D eigenvalue weighted by atomic mass is 10.1. The van der Waals surface area contributed by atoms with Crippen molar-refractivity contribution in [2.45, 2.75) is 39.3 Å². The van der Waals surface area contributed by atoms with Crippen LogP contribution in [0.5, 0.6) is 0 Å². The minimum Gasteiger partial charge on any atom is -0.454 e. The van der Waals surface area contributed by atoms with Crippen LogP contribution in [0.15, 0.2) is 29.1 Å². The zero-order valence-corrected chi connectivity index (χ0v) is 16.1. The van der Waals surface area contributed by atoms with E-state index in [1.807, 2.05) is 0 Å². The molecule has 0 saturated carbocycles. The molecule has 0 radical (unpaired) electrons. The number of fused-ring (bicyclic) bond motifs is 2. The largest absolute Gasteiger partial charge is 0.454 e. The number of rotatable bonds is 4. The highest BCUT2D eigenvalue weighted by atomic mass is 32.1. The second-order valence-corrected chi connectivity index (χ2v) is 7.72. The number of hydrogen-bond donors (Lipinski definition) is 0. The molecule has 0 aliphatic carbocycles. The summed E-state index contributed by atoms with van der Waals surface area (Å²) in [7, 11) is 0. The van der Waals surface area contributed by atoms with Crippen molar-refractivity contribution in [3.8, 4) is 0 Å². The van der Waals surface area contributed by atoms with Crippen LogP contribution in [0.1, 0.15) is 46.1 Å². The van der Waals surface area contributed by atoms with Gasteiger partial charge in [0.05, 0.1) is 10.3 Å². The van der Waals surface area contributed by atoms with E-state index in [9.17, 15) is 19.7 Å². The highest BCUT2D eigenvalue weighted by Crippen LogP contribution is 2.31. The van der Waals surface area contributed by atoms with E-state index >= 15 is 0 Å². The molecule has 0 bridgehead atoms. The third-order valence-electron chi connectivity index (χ3n) is 4.93. The number of nitro benzene ring substituents is 1. The van der Waals surface area contributed by atoms with Crippen molar-refractivity contribution in [1.29, 1.82) is 0 Å². The Bertz CT molecular complexity index is 1180. The zero-order chi connectivity index (χ0) is 20.0. The molecule has 8 nitrogen and oxygen atoms in total. The molecule has 144 valence electrons. The molecule has 1 unspecified atom stereocenters. The fraction of sp³-hybridized carbons (Fsp3) is 0.316. The van der Waals surface area contributed by atoms with Crippen LogP contribution < -0.4 is 5.56 Å². The maximum Gasteiger partial charge on any atom is 0.349 e. The molecule has 0 spiro atoms. The number of aryl methyl sites for hydroxylation is 2. The first kappa shape index (κ1) is 18.3. The van der Waals surface area contributed by atoms with E-state index in [-0.39, 0.29) is 11.2 Å². The van der Waals surface area contributed by atoms with Crippen LogP contribution in [0.25, 0.3) is 10.2 Å². The smallest absolute Gasteiger partial charge is 0.349 e. The van der Waals surface area contributed by atoms with Crippen LogP contribution >= 0.6 is 11.3 Å². The Morgan fingerprint density at radius 2 is 2.21 bits per heavy atom. The second kappa shape index (κ2) is 6.83. The summed E-state index contributed by atoms with van der Waals surface area (Å²) in [6, 6.07) is 5.98. The van der Waals surface area contributed by atoms with Crippen LogP contribution in [0.4, 0.5) is 5.69 Å². The Hall–Kier alpha value is -3.07. The first-order chi connectivity index (χ1) is 13.4. The monoisotopic (exact) mass is 399 g/mol. The van der Waals surface area contributed by atoms with Crippen molar-refractivity contribution in [2.24, 2.45) is 0 Å². The first-order valence-electron chi connectivity index (χ1n) is 8.85. The third kappa shape index (κ3) is 2.97. The standard InChI is InChI=1S/C19H17N3O5S/c1-10-15-17(20-14-7-4-8-21(14)18(15)23)28-16(10)19(24)27-11(2)12-5-3-6-13(9-12)22(25)26/h3,5-6,9,11H,4,7-8H2,1-2H3. The van der Waals surface area contributed by atoms with Crippen LogP contribution in [-0.4, -0.2) is 20.4 Å². The van der Waals surface area contributed by atoms with E-state index < -0.39 is 17.0 Å². The highest BCUT2D eigenvalue weighted by molar-refractivity contribution is 7.20. The maximum atomic E-state index is 12.7. The minimum absolute atomic E-state index is 0.0646. The fourth-order valence-electron chi connectivity index (χ4n) is 3.44. The summed E-state index contributed by atoms with van der Waals surface area (Å²) >= 11 is 1.15. The predicted molar refractivity (Wildman–Crippen MR) is 104 cm³/mol. The predicted octanol–water partition coefficient (Wildman–Crippen LogP) is 3.54. The van der Waals surface area contributed by atoms with Gasteiger partial charge in [0.1, 0.15) is 21.6 Å². The number of nitro groups is 1. The van der Waals surface area contributed by atoms with Crippen LogP contribution in [0, 0.1) is 17.0 Å². The lowest BCUT2D eigenvalue weighted by Gasteiger charge is -2.13. The van der Waals surface area contributed by atoms with E-state index in [0.29, 0.717) is 32.8 Å². The van der Waals surface area contributed by atoms with Gasteiger partial charge in [-0.25, -0.2) is 9.78 Å². The Morgan fingerprint density at radius 3 is 2.96 bits per heavy atom. The lowest BCUT2D eigenvalue weighted by molar-refractivity contribution is -0.385. The number of nitrogens with zero attached hydrogens (tertiary/aromatic N) is 3. The quantitative estimate of drug-likeness (QED) is 0.378. The van der Waals surface area contributed by atoms with E-state index in [0.717, 1.165) is 30.0 Å². The van der Waals surface area contributed by atoms with Gasteiger partial charge in [-0.1, -0.05) is 12.1 Å². The second-order valence-electron chi connectivity index (χ2n) is 6.72. The van der Waals surface area contributed by atoms with Crippen LogP contribution in [-0.2, 0) is 17.7 Å². The first-order valence-corrected chi connectivity index (χ1v) is 9.66. The molecular formula is C19H17N3O5S. The molecule has 0 fully saturated rings. The molecule has 1 aromatic carbocycles. The normalized spacial score (nSPS) is 14.1. The van der Waals surface area contributed by atoms with Crippen molar-refractivity contribution in [3.63, 3.8) is 0 Å². The van der Waals surface area contributed by atoms with Gasteiger partial charge >= 0.3 is 5.97 Å². The number of aromatic nitrogens is 2. The average Bonchev–Trinajstić information content (AvgIpc) is 3.27.